The average Bonchev–Trinajstić information content (AvgIpc) is 2.73. The van der Waals surface area contributed by atoms with Gasteiger partial charge in [0.15, 0.2) is 6.61 Å². The van der Waals surface area contributed by atoms with Crippen molar-refractivity contribution in [1.29, 1.82) is 0 Å². The molecule has 0 saturated heterocycles. The summed E-state index contributed by atoms with van der Waals surface area (Å²) in [6, 6.07) is 18.5. The highest BCUT2D eigenvalue weighted by Gasteiger charge is 2.15. The lowest BCUT2D eigenvalue weighted by atomic mass is 10.1. The fraction of sp³-hybridized carbons (Fsp3) is 0.174. The molecule has 0 radical (unpaired) electrons. The van der Waals surface area contributed by atoms with Crippen LogP contribution in [0.2, 0.25) is 0 Å². The molecule has 148 valence electrons. The molecule has 0 saturated carbocycles. The third kappa shape index (κ3) is 4.99. The molecule has 0 bridgehead atoms. The van der Waals surface area contributed by atoms with Crippen molar-refractivity contribution >= 4 is 17.6 Å². The number of rotatable bonds is 6. The van der Waals surface area contributed by atoms with Gasteiger partial charge in [0.25, 0.3) is 5.91 Å². The highest BCUT2D eigenvalue weighted by Crippen LogP contribution is 2.25. The summed E-state index contributed by atoms with van der Waals surface area (Å²) in [6.07, 6.45) is 0. The van der Waals surface area contributed by atoms with Gasteiger partial charge in [-0.15, -0.1) is 0 Å². The first kappa shape index (κ1) is 20.1. The number of nitrogens with zero attached hydrogens (tertiary/aromatic N) is 1. The molecule has 1 aromatic heterocycles. The van der Waals surface area contributed by atoms with Crippen LogP contribution in [0, 0.1) is 13.8 Å². The number of anilines is 1. The normalized spacial score (nSPS) is 10.3. The summed E-state index contributed by atoms with van der Waals surface area (Å²) in [6.45, 7) is 3.24. The Balaban J connectivity index is 1.63. The van der Waals surface area contributed by atoms with Crippen molar-refractivity contribution in [2.24, 2.45) is 0 Å². The van der Waals surface area contributed by atoms with Crippen LogP contribution in [0.4, 0.5) is 5.69 Å². The number of methoxy groups -OCH3 is 1. The number of hydrogen-bond donors (Lipinski definition) is 1. The van der Waals surface area contributed by atoms with E-state index in [2.05, 4.69) is 10.3 Å². The summed E-state index contributed by atoms with van der Waals surface area (Å²) in [4.78, 5) is 29.0. The van der Waals surface area contributed by atoms with E-state index in [1.807, 2.05) is 43.3 Å². The van der Waals surface area contributed by atoms with Crippen LogP contribution >= 0.6 is 0 Å². The number of aromatic nitrogens is 1. The predicted molar refractivity (Wildman–Crippen MR) is 111 cm³/mol. The maximum absolute atomic E-state index is 12.4. The van der Waals surface area contributed by atoms with Crippen molar-refractivity contribution in [3.8, 4) is 17.0 Å². The van der Waals surface area contributed by atoms with Crippen molar-refractivity contribution in [3.63, 3.8) is 0 Å². The molecule has 6 heteroatoms. The van der Waals surface area contributed by atoms with Gasteiger partial charge in [0.1, 0.15) is 5.75 Å². The number of benzene rings is 2. The molecule has 0 aliphatic carbocycles. The number of ether oxygens (including phenoxy) is 2. The summed E-state index contributed by atoms with van der Waals surface area (Å²) in [5, 5.41) is 2.70. The van der Waals surface area contributed by atoms with E-state index in [1.54, 1.807) is 31.2 Å². The third-order valence-corrected chi connectivity index (χ3v) is 4.34. The molecule has 29 heavy (non-hydrogen) atoms. The minimum Gasteiger partial charge on any atom is -0.495 e. The lowest BCUT2D eigenvalue weighted by molar-refractivity contribution is -0.119. The molecular formula is C23H22N2O4. The van der Waals surface area contributed by atoms with E-state index in [4.69, 9.17) is 9.47 Å². The second kappa shape index (κ2) is 9.01. The number of nitrogens with one attached hydrogen (secondary N) is 1. The molecule has 3 aromatic rings. The molecule has 0 fully saturated rings. The number of carbonyl (C=O) groups is 2. The number of aryl methyl sites for hydroxylation is 2. The molecule has 0 unspecified atom stereocenters. The van der Waals surface area contributed by atoms with Gasteiger partial charge in [-0.25, -0.2) is 4.79 Å². The van der Waals surface area contributed by atoms with Crippen molar-refractivity contribution < 1.29 is 19.1 Å². The summed E-state index contributed by atoms with van der Waals surface area (Å²) < 4.78 is 10.4. The van der Waals surface area contributed by atoms with E-state index >= 15 is 0 Å². The first-order valence-electron chi connectivity index (χ1n) is 9.12. The van der Waals surface area contributed by atoms with Crippen LogP contribution in [0.3, 0.4) is 0 Å². The highest BCUT2D eigenvalue weighted by molar-refractivity contribution is 5.96. The minimum atomic E-state index is -0.596. The zero-order valence-corrected chi connectivity index (χ0v) is 16.6. The van der Waals surface area contributed by atoms with E-state index in [0.29, 0.717) is 22.7 Å². The molecule has 0 spiro atoms. The number of amides is 1. The SMILES string of the molecule is COc1ccc(C)cc1NC(=O)COC(=O)c1ccc(-c2ccccc2)nc1C. The first-order valence-corrected chi connectivity index (χ1v) is 9.12. The van der Waals surface area contributed by atoms with E-state index in [0.717, 1.165) is 16.8 Å². The maximum Gasteiger partial charge on any atom is 0.340 e. The lowest BCUT2D eigenvalue weighted by Crippen LogP contribution is -2.21. The quantitative estimate of drug-likeness (QED) is 0.639. The van der Waals surface area contributed by atoms with Gasteiger partial charge in [-0.2, -0.15) is 0 Å². The summed E-state index contributed by atoms with van der Waals surface area (Å²) >= 11 is 0. The number of hydrogen-bond acceptors (Lipinski definition) is 5. The van der Waals surface area contributed by atoms with Crippen LogP contribution in [0.15, 0.2) is 60.7 Å². The maximum atomic E-state index is 12.4. The van der Waals surface area contributed by atoms with Crippen molar-refractivity contribution in [2.45, 2.75) is 13.8 Å². The first-order chi connectivity index (χ1) is 14.0. The van der Waals surface area contributed by atoms with Crippen LogP contribution in [-0.2, 0) is 9.53 Å². The Morgan fingerprint density at radius 3 is 2.45 bits per heavy atom. The van der Waals surface area contributed by atoms with Gasteiger partial charge < -0.3 is 14.8 Å². The molecule has 1 N–H and O–H groups in total. The standard InChI is InChI=1S/C23H22N2O4/c1-15-9-12-21(28-3)20(13-15)25-22(26)14-29-23(27)18-10-11-19(24-16(18)2)17-7-5-4-6-8-17/h4-13H,14H2,1-3H3,(H,25,26). The second-order valence-corrected chi connectivity index (χ2v) is 6.52. The summed E-state index contributed by atoms with van der Waals surface area (Å²) in [7, 11) is 1.52. The second-order valence-electron chi connectivity index (χ2n) is 6.52. The molecular weight excluding hydrogens is 368 g/mol. The number of pyridine rings is 1. The number of esters is 1. The molecule has 0 aliphatic heterocycles. The predicted octanol–water partition coefficient (Wildman–Crippen LogP) is 4.17. The Kier molecular flexibility index (Phi) is 6.24. The Morgan fingerprint density at radius 2 is 1.76 bits per heavy atom. The Hall–Kier alpha value is -3.67. The van der Waals surface area contributed by atoms with Gasteiger partial charge in [-0.1, -0.05) is 36.4 Å². The van der Waals surface area contributed by atoms with E-state index in [9.17, 15) is 9.59 Å². The third-order valence-electron chi connectivity index (χ3n) is 4.34. The van der Waals surface area contributed by atoms with Crippen molar-refractivity contribution in [1.82, 2.24) is 4.98 Å². The fourth-order valence-corrected chi connectivity index (χ4v) is 2.86. The van der Waals surface area contributed by atoms with Crippen LogP contribution in [-0.4, -0.2) is 30.6 Å². The van der Waals surface area contributed by atoms with Crippen LogP contribution < -0.4 is 10.1 Å². The topological polar surface area (TPSA) is 77.5 Å². The molecule has 1 heterocycles. The van der Waals surface area contributed by atoms with Gasteiger partial charge in [0, 0.05) is 5.56 Å². The van der Waals surface area contributed by atoms with Gasteiger partial charge in [-0.05, 0) is 43.7 Å². The number of carbonyl (C=O) groups excluding carboxylic acids is 2. The van der Waals surface area contributed by atoms with E-state index < -0.39 is 18.5 Å². The van der Waals surface area contributed by atoms with Crippen molar-refractivity contribution in [2.75, 3.05) is 19.0 Å². The highest BCUT2D eigenvalue weighted by atomic mass is 16.5. The average molecular weight is 390 g/mol. The molecule has 6 nitrogen and oxygen atoms in total. The summed E-state index contributed by atoms with van der Waals surface area (Å²) in [5.41, 5.74) is 4.09. The zero-order chi connectivity index (χ0) is 20.8. The van der Waals surface area contributed by atoms with Gasteiger partial charge >= 0.3 is 5.97 Å². The molecule has 2 aromatic carbocycles. The van der Waals surface area contributed by atoms with E-state index in [-0.39, 0.29) is 0 Å². The molecule has 1 amide bonds. The van der Waals surface area contributed by atoms with Gasteiger partial charge in [0.2, 0.25) is 0 Å². The van der Waals surface area contributed by atoms with Crippen LogP contribution in [0.5, 0.6) is 5.75 Å². The molecule has 0 atom stereocenters. The van der Waals surface area contributed by atoms with Crippen molar-refractivity contribution in [3.05, 3.63) is 77.5 Å². The Bertz CT molecular complexity index is 1030. The zero-order valence-electron chi connectivity index (χ0n) is 16.6. The molecule has 0 aliphatic rings. The van der Waals surface area contributed by atoms with Crippen LogP contribution in [0.1, 0.15) is 21.6 Å². The lowest BCUT2D eigenvalue weighted by Gasteiger charge is -2.12. The minimum absolute atomic E-state index is 0.325. The smallest absolute Gasteiger partial charge is 0.340 e. The van der Waals surface area contributed by atoms with Gasteiger partial charge in [0.05, 0.1) is 29.7 Å². The Labute approximate surface area is 169 Å². The Morgan fingerprint density at radius 1 is 1.00 bits per heavy atom. The monoisotopic (exact) mass is 390 g/mol. The van der Waals surface area contributed by atoms with Gasteiger partial charge in [-0.3, -0.25) is 9.78 Å². The largest absolute Gasteiger partial charge is 0.495 e. The summed E-state index contributed by atoms with van der Waals surface area (Å²) in [5.74, 6) is -0.512. The van der Waals surface area contributed by atoms with E-state index in [1.165, 1.54) is 7.11 Å². The molecule has 3 rings (SSSR count). The van der Waals surface area contributed by atoms with Crippen LogP contribution in [0.25, 0.3) is 11.3 Å². The fourth-order valence-electron chi connectivity index (χ4n) is 2.86.